The minimum atomic E-state index is 0.201. The molecule has 2 aliphatic rings. The Labute approximate surface area is 143 Å². The van der Waals surface area contributed by atoms with E-state index >= 15 is 0 Å². The topological polar surface area (TPSA) is 29.5 Å². The number of benzene rings is 1. The van der Waals surface area contributed by atoms with Crippen molar-refractivity contribution in [3.05, 3.63) is 35.4 Å². The van der Waals surface area contributed by atoms with Gasteiger partial charge in [0.15, 0.2) is 0 Å². The van der Waals surface area contributed by atoms with Gasteiger partial charge in [-0.05, 0) is 56.2 Å². The SMILES string of the molecule is O=C(c1cccc(CSCC2CCCCO2)c1)N1CCCCC1. The quantitative estimate of drug-likeness (QED) is 0.812. The van der Waals surface area contributed by atoms with E-state index in [4.69, 9.17) is 4.74 Å². The van der Waals surface area contributed by atoms with Crippen LogP contribution in [0.5, 0.6) is 0 Å². The molecule has 0 aromatic heterocycles. The van der Waals surface area contributed by atoms with E-state index in [9.17, 15) is 4.79 Å². The van der Waals surface area contributed by atoms with Crippen LogP contribution in [0.2, 0.25) is 0 Å². The molecule has 4 heteroatoms. The van der Waals surface area contributed by atoms with Crippen molar-refractivity contribution in [2.75, 3.05) is 25.4 Å². The molecule has 2 aliphatic heterocycles. The highest BCUT2D eigenvalue weighted by Gasteiger charge is 2.18. The van der Waals surface area contributed by atoms with E-state index in [1.165, 1.54) is 31.2 Å². The fraction of sp³-hybridized carbons (Fsp3) is 0.632. The maximum Gasteiger partial charge on any atom is 0.253 e. The summed E-state index contributed by atoms with van der Waals surface area (Å²) in [6.07, 6.45) is 7.66. The molecule has 0 N–H and O–H groups in total. The second-order valence-corrected chi connectivity index (χ2v) is 7.59. The summed E-state index contributed by atoms with van der Waals surface area (Å²) >= 11 is 1.92. The number of amides is 1. The van der Waals surface area contributed by atoms with Gasteiger partial charge in [0.1, 0.15) is 0 Å². The van der Waals surface area contributed by atoms with Crippen LogP contribution in [0.4, 0.5) is 0 Å². The molecule has 1 aromatic carbocycles. The standard InChI is InChI=1S/C19H27NO2S/c21-19(20-10-3-1-4-11-20)17-8-6-7-16(13-17)14-23-15-18-9-2-5-12-22-18/h6-8,13,18H,1-5,9-12,14-15H2. The third-order valence-electron chi connectivity index (χ3n) is 4.66. The summed E-state index contributed by atoms with van der Waals surface area (Å²) < 4.78 is 5.78. The highest BCUT2D eigenvalue weighted by molar-refractivity contribution is 7.98. The van der Waals surface area contributed by atoms with E-state index in [0.29, 0.717) is 6.10 Å². The Kier molecular flexibility index (Phi) is 6.40. The van der Waals surface area contributed by atoms with Crippen molar-refractivity contribution in [1.29, 1.82) is 0 Å². The molecule has 0 aliphatic carbocycles. The third-order valence-corrected chi connectivity index (χ3v) is 5.81. The van der Waals surface area contributed by atoms with Gasteiger partial charge in [0, 0.05) is 36.8 Å². The van der Waals surface area contributed by atoms with Crippen LogP contribution in [-0.2, 0) is 10.5 Å². The minimum absolute atomic E-state index is 0.201. The molecule has 0 spiro atoms. The molecule has 2 saturated heterocycles. The number of piperidine rings is 1. The zero-order valence-corrected chi connectivity index (χ0v) is 14.7. The van der Waals surface area contributed by atoms with Gasteiger partial charge in [-0.3, -0.25) is 4.79 Å². The minimum Gasteiger partial charge on any atom is -0.377 e. The predicted molar refractivity (Wildman–Crippen MR) is 95.9 cm³/mol. The molecule has 1 amide bonds. The Morgan fingerprint density at radius 2 is 2.04 bits per heavy atom. The smallest absolute Gasteiger partial charge is 0.253 e. The van der Waals surface area contributed by atoms with Crippen LogP contribution in [0.25, 0.3) is 0 Å². The highest BCUT2D eigenvalue weighted by Crippen LogP contribution is 2.21. The van der Waals surface area contributed by atoms with Gasteiger partial charge in [0.25, 0.3) is 5.91 Å². The average molecular weight is 333 g/mol. The number of thioether (sulfide) groups is 1. The molecular formula is C19H27NO2S. The summed E-state index contributed by atoms with van der Waals surface area (Å²) in [4.78, 5) is 14.6. The Morgan fingerprint density at radius 1 is 1.17 bits per heavy atom. The van der Waals surface area contributed by atoms with Crippen molar-refractivity contribution in [2.45, 2.75) is 50.4 Å². The van der Waals surface area contributed by atoms with E-state index < -0.39 is 0 Å². The Bertz CT molecular complexity index is 508. The molecule has 2 heterocycles. The fourth-order valence-corrected chi connectivity index (χ4v) is 4.38. The molecule has 1 atom stereocenters. The van der Waals surface area contributed by atoms with Crippen molar-refractivity contribution in [2.24, 2.45) is 0 Å². The lowest BCUT2D eigenvalue weighted by molar-refractivity contribution is 0.0315. The predicted octanol–water partition coefficient (Wildman–Crippen LogP) is 4.12. The maximum atomic E-state index is 12.6. The number of nitrogens with zero attached hydrogens (tertiary/aromatic N) is 1. The summed E-state index contributed by atoms with van der Waals surface area (Å²) in [5, 5.41) is 0. The zero-order chi connectivity index (χ0) is 15.9. The number of rotatable bonds is 5. The number of carbonyl (C=O) groups is 1. The summed E-state index contributed by atoms with van der Waals surface area (Å²) in [7, 11) is 0. The third kappa shape index (κ3) is 4.98. The van der Waals surface area contributed by atoms with Crippen LogP contribution in [0.1, 0.15) is 54.4 Å². The van der Waals surface area contributed by atoms with Gasteiger partial charge < -0.3 is 9.64 Å². The van der Waals surface area contributed by atoms with Crippen LogP contribution in [0.3, 0.4) is 0 Å². The first-order valence-electron chi connectivity index (χ1n) is 8.90. The van der Waals surface area contributed by atoms with Gasteiger partial charge >= 0.3 is 0 Å². The summed E-state index contributed by atoms with van der Waals surface area (Å²) in [6.45, 7) is 2.75. The number of carbonyl (C=O) groups excluding carboxylic acids is 1. The zero-order valence-electron chi connectivity index (χ0n) is 13.8. The maximum absolute atomic E-state index is 12.6. The lowest BCUT2D eigenvalue weighted by Gasteiger charge is -2.26. The summed E-state index contributed by atoms with van der Waals surface area (Å²) in [5.74, 6) is 2.22. The van der Waals surface area contributed by atoms with Crippen LogP contribution in [-0.4, -0.2) is 42.4 Å². The van der Waals surface area contributed by atoms with Gasteiger partial charge in [-0.1, -0.05) is 12.1 Å². The Morgan fingerprint density at radius 3 is 2.83 bits per heavy atom. The van der Waals surface area contributed by atoms with Crippen molar-refractivity contribution in [3.63, 3.8) is 0 Å². The van der Waals surface area contributed by atoms with Crippen LogP contribution in [0, 0.1) is 0 Å². The fourth-order valence-electron chi connectivity index (χ4n) is 3.32. The molecular weight excluding hydrogens is 306 g/mol. The van der Waals surface area contributed by atoms with Crippen molar-refractivity contribution >= 4 is 17.7 Å². The molecule has 23 heavy (non-hydrogen) atoms. The highest BCUT2D eigenvalue weighted by atomic mass is 32.2. The van der Waals surface area contributed by atoms with Gasteiger partial charge in [-0.2, -0.15) is 11.8 Å². The van der Waals surface area contributed by atoms with Gasteiger partial charge in [-0.25, -0.2) is 0 Å². The number of hydrogen-bond acceptors (Lipinski definition) is 3. The van der Waals surface area contributed by atoms with Crippen molar-refractivity contribution in [1.82, 2.24) is 4.90 Å². The molecule has 0 bridgehead atoms. The normalized spacial score (nSPS) is 22.1. The molecule has 3 rings (SSSR count). The van der Waals surface area contributed by atoms with Gasteiger partial charge in [0.2, 0.25) is 0 Å². The lowest BCUT2D eigenvalue weighted by atomic mass is 10.1. The Balaban J connectivity index is 1.51. The van der Waals surface area contributed by atoms with Gasteiger partial charge in [-0.15, -0.1) is 0 Å². The van der Waals surface area contributed by atoms with Crippen LogP contribution >= 0.6 is 11.8 Å². The van der Waals surface area contributed by atoms with Gasteiger partial charge in [0.05, 0.1) is 6.10 Å². The van der Waals surface area contributed by atoms with E-state index in [1.807, 2.05) is 28.8 Å². The number of ether oxygens (including phenoxy) is 1. The second-order valence-electron chi connectivity index (χ2n) is 6.56. The molecule has 3 nitrogen and oxygen atoms in total. The molecule has 0 radical (unpaired) electrons. The van der Waals surface area contributed by atoms with E-state index in [0.717, 1.165) is 49.6 Å². The molecule has 0 saturated carbocycles. The van der Waals surface area contributed by atoms with E-state index in [-0.39, 0.29) is 5.91 Å². The van der Waals surface area contributed by atoms with Crippen molar-refractivity contribution < 1.29 is 9.53 Å². The Hall–Kier alpha value is -1.00. The number of likely N-dealkylation sites (tertiary alicyclic amines) is 1. The largest absolute Gasteiger partial charge is 0.377 e. The molecule has 126 valence electrons. The first kappa shape index (κ1) is 16.8. The first-order valence-corrected chi connectivity index (χ1v) is 10.1. The molecule has 1 aromatic rings. The summed E-state index contributed by atoms with van der Waals surface area (Å²) in [6, 6.07) is 8.17. The van der Waals surface area contributed by atoms with Crippen molar-refractivity contribution in [3.8, 4) is 0 Å². The van der Waals surface area contributed by atoms with E-state index in [2.05, 4.69) is 12.1 Å². The average Bonchev–Trinajstić information content (AvgIpc) is 2.63. The molecule has 2 fully saturated rings. The second kappa shape index (κ2) is 8.74. The lowest BCUT2D eigenvalue weighted by Crippen LogP contribution is -2.35. The monoisotopic (exact) mass is 333 g/mol. The van der Waals surface area contributed by atoms with Crippen LogP contribution in [0.15, 0.2) is 24.3 Å². The van der Waals surface area contributed by atoms with Crippen LogP contribution < -0.4 is 0 Å². The summed E-state index contributed by atoms with van der Waals surface area (Å²) in [5.41, 5.74) is 2.09. The molecule has 1 unspecified atom stereocenters. The van der Waals surface area contributed by atoms with E-state index in [1.54, 1.807) is 0 Å². The first-order chi connectivity index (χ1) is 11.3. The number of hydrogen-bond donors (Lipinski definition) is 0.